The molecule has 0 aliphatic rings. The number of benzene rings is 1. The van der Waals surface area contributed by atoms with Crippen molar-refractivity contribution in [2.45, 2.75) is 19.5 Å². The van der Waals surface area contributed by atoms with Crippen LogP contribution in [0.2, 0.25) is 0 Å². The first kappa shape index (κ1) is 20.2. The molecule has 1 aromatic carbocycles. The molecule has 3 aromatic heterocycles. The van der Waals surface area contributed by atoms with E-state index in [2.05, 4.69) is 46.2 Å². The Kier molecular flexibility index (Phi) is 5.98. The molecule has 0 unspecified atom stereocenters. The number of rotatable bonds is 7. The Morgan fingerprint density at radius 2 is 1.87 bits per heavy atom. The molecule has 3 heterocycles. The molecule has 156 valence electrons. The maximum absolute atomic E-state index is 12.6. The van der Waals surface area contributed by atoms with Gasteiger partial charge in [-0.2, -0.15) is 5.21 Å². The Hall–Kier alpha value is -4.06. The van der Waals surface area contributed by atoms with E-state index in [4.69, 9.17) is 0 Å². The zero-order valence-electron chi connectivity index (χ0n) is 16.3. The van der Waals surface area contributed by atoms with Gasteiger partial charge in [-0.3, -0.25) is 9.59 Å². The summed E-state index contributed by atoms with van der Waals surface area (Å²) in [5.74, 6) is -0.326. The highest BCUT2D eigenvalue weighted by molar-refractivity contribution is 7.09. The Labute approximate surface area is 180 Å². The highest BCUT2D eigenvalue weighted by atomic mass is 32.1. The number of aromatic amines is 1. The van der Waals surface area contributed by atoms with Crippen LogP contribution in [-0.2, 0) is 6.54 Å². The van der Waals surface area contributed by atoms with E-state index in [1.54, 1.807) is 6.20 Å². The number of nitrogens with one attached hydrogen (secondary N) is 3. The van der Waals surface area contributed by atoms with E-state index in [1.165, 1.54) is 23.7 Å². The van der Waals surface area contributed by atoms with Crippen LogP contribution >= 0.6 is 11.3 Å². The fraction of sp³-hybridized carbons (Fsp3) is 0.158. The van der Waals surface area contributed by atoms with Crippen LogP contribution in [0.4, 0.5) is 0 Å². The zero-order valence-corrected chi connectivity index (χ0v) is 17.1. The minimum atomic E-state index is -0.411. The largest absolute Gasteiger partial charge is 0.344 e. The lowest BCUT2D eigenvalue weighted by atomic mass is 10.1. The van der Waals surface area contributed by atoms with Crippen LogP contribution in [0.5, 0.6) is 0 Å². The van der Waals surface area contributed by atoms with Crippen LogP contribution in [0.15, 0.2) is 48.2 Å². The van der Waals surface area contributed by atoms with E-state index in [9.17, 15) is 9.59 Å². The van der Waals surface area contributed by atoms with Crippen molar-refractivity contribution in [1.82, 2.24) is 46.2 Å². The number of thiazole rings is 1. The van der Waals surface area contributed by atoms with Gasteiger partial charge >= 0.3 is 0 Å². The Morgan fingerprint density at radius 1 is 1.10 bits per heavy atom. The third-order valence-electron chi connectivity index (χ3n) is 4.38. The van der Waals surface area contributed by atoms with Crippen LogP contribution in [0.1, 0.15) is 44.5 Å². The quantitative estimate of drug-likeness (QED) is 0.395. The normalized spacial score (nSPS) is 11.6. The molecule has 12 heteroatoms. The van der Waals surface area contributed by atoms with Crippen LogP contribution in [0.3, 0.4) is 0 Å². The molecule has 4 rings (SSSR count). The number of tetrazole rings is 1. The Morgan fingerprint density at radius 3 is 2.55 bits per heavy atom. The minimum absolute atomic E-state index is 0.102. The summed E-state index contributed by atoms with van der Waals surface area (Å²) in [5, 5.41) is 22.0. The van der Waals surface area contributed by atoms with Crippen molar-refractivity contribution >= 4 is 23.2 Å². The lowest BCUT2D eigenvalue weighted by Gasteiger charge is -2.14. The topological polar surface area (TPSA) is 151 Å². The average Bonchev–Trinajstić information content (AvgIpc) is 3.52. The molecule has 0 saturated carbocycles. The first-order valence-corrected chi connectivity index (χ1v) is 10.1. The molecule has 0 radical (unpaired) electrons. The summed E-state index contributed by atoms with van der Waals surface area (Å²) in [6.45, 7) is 2.14. The highest BCUT2D eigenvalue weighted by Crippen LogP contribution is 2.18. The lowest BCUT2D eigenvalue weighted by molar-refractivity contribution is 0.0934. The summed E-state index contributed by atoms with van der Waals surface area (Å²) in [6.07, 6.45) is 2.86. The summed E-state index contributed by atoms with van der Waals surface area (Å²) >= 11 is 1.44. The maximum atomic E-state index is 12.6. The van der Waals surface area contributed by atoms with E-state index in [1.807, 2.05) is 36.6 Å². The molecule has 0 spiro atoms. The van der Waals surface area contributed by atoms with Crippen molar-refractivity contribution in [2.75, 3.05) is 0 Å². The molecule has 0 aliphatic carbocycles. The predicted octanol–water partition coefficient (Wildman–Crippen LogP) is 1.53. The van der Waals surface area contributed by atoms with Crippen molar-refractivity contribution in [3.8, 4) is 11.4 Å². The van der Waals surface area contributed by atoms with Gasteiger partial charge in [0.2, 0.25) is 5.82 Å². The summed E-state index contributed by atoms with van der Waals surface area (Å²) in [4.78, 5) is 37.0. The predicted molar refractivity (Wildman–Crippen MR) is 111 cm³/mol. The number of hydrogen-bond acceptors (Lipinski definition) is 9. The number of nitrogens with zero attached hydrogens (tertiary/aromatic N) is 6. The van der Waals surface area contributed by atoms with Gasteiger partial charge in [-0.1, -0.05) is 24.3 Å². The summed E-state index contributed by atoms with van der Waals surface area (Å²) in [7, 11) is 0. The van der Waals surface area contributed by atoms with Gasteiger partial charge in [0.15, 0.2) is 0 Å². The second kappa shape index (κ2) is 9.17. The molecule has 0 saturated heterocycles. The standard InChI is InChI=1S/C19H17N9O2S/c1-11(12-2-4-13(5-3-12)17-25-27-28-26-17)24-19(30)15-8-14(22-10-23-15)18(29)21-9-16-20-6-7-31-16/h2-8,10-11H,9H2,1H3,(H,21,29)(H,24,30)(H,25,26,27,28)/t11-/m0/s1. The van der Waals surface area contributed by atoms with Gasteiger partial charge in [0.25, 0.3) is 11.8 Å². The second-order valence-electron chi connectivity index (χ2n) is 6.45. The number of amides is 2. The number of carbonyl (C=O) groups excluding carboxylic acids is 2. The third-order valence-corrected chi connectivity index (χ3v) is 5.16. The van der Waals surface area contributed by atoms with E-state index in [0.717, 1.165) is 16.1 Å². The Balaban J connectivity index is 1.38. The molecule has 3 N–H and O–H groups in total. The summed E-state index contributed by atoms with van der Waals surface area (Å²) in [6, 6.07) is 8.50. The number of aromatic nitrogens is 7. The number of carbonyl (C=O) groups is 2. The number of H-pyrrole nitrogens is 1. The average molecular weight is 435 g/mol. The lowest BCUT2D eigenvalue weighted by Crippen LogP contribution is -2.29. The van der Waals surface area contributed by atoms with Crippen molar-refractivity contribution < 1.29 is 9.59 Å². The summed E-state index contributed by atoms with van der Waals surface area (Å²) < 4.78 is 0. The molecular formula is C19H17N9O2S. The fourth-order valence-corrected chi connectivity index (χ4v) is 3.31. The van der Waals surface area contributed by atoms with Crippen LogP contribution in [-0.4, -0.2) is 47.4 Å². The molecule has 0 bridgehead atoms. The molecular weight excluding hydrogens is 418 g/mol. The SMILES string of the molecule is C[C@H](NC(=O)c1cc(C(=O)NCc2nccs2)ncn1)c1ccc(-c2nn[nH]n2)cc1. The van der Waals surface area contributed by atoms with Crippen LogP contribution in [0, 0.1) is 0 Å². The Bertz CT molecular complexity index is 1160. The van der Waals surface area contributed by atoms with Gasteiger partial charge in [0.05, 0.1) is 12.6 Å². The minimum Gasteiger partial charge on any atom is -0.344 e. The fourth-order valence-electron chi connectivity index (χ4n) is 2.75. The smallest absolute Gasteiger partial charge is 0.270 e. The monoisotopic (exact) mass is 435 g/mol. The van der Waals surface area contributed by atoms with Crippen molar-refractivity contribution in [3.05, 3.63) is 70.2 Å². The number of hydrogen-bond donors (Lipinski definition) is 3. The van der Waals surface area contributed by atoms with Crippen molar-refractivity contribution in [3.63, 3.8) is 0 Å². The third kappa shape index (κ3) is 4.93. The molecule has 4 aromatic rings. The van der Waals surface area contributed by atoms with Crippen molar-refractivity contribution in [2.24, 2.45) is 0 Å². The molecule has 11 nitrogen and oxygen atoms in total. The first-order chi connectivity index (χ1) is 15.1. The molecule has 2 amide bonds. The van der Waals surface area contributed by atoms with Crippen LogP contribution in [0.25, 0.3) is 11.4 Å². The van der Waals surface area contributed by atoms with E-state index >= 15 is 0 Å². The molecule has 31 heavy (non-hydrogen) atoms. The van der Waals surface area contributed by atoms with Gasteiger partial charge in [-0.25, -0.2) is 15.0 Å². The molecule has 0 aliphatic heterocycles. The zero-order chi connectivity index (χ0) is 21.6. The second-order valence-corrected chi connectivity index (χ2v) is 7.43. The molecule has 0 fully saturated rings. The maximum Gasteiger partial charge on any atom is 0.270 e. The first-order valence-electron chi connectivity index (χ1n) is 9.23. The van der Waals surface area contributed by atoms with Gasteiger partial charge in [-0.05, 0) is 17.7 Å². The van der Waals surface area contributed by atoms with Crippen LogP contribution < -0.4 is 10.6 Å². The van der Waals surface area contributed by atoms with E-state index in [0.29, 0.717) is 12.4 Å². The van der Waals surface area contributed by atoms with Gasteiger partial charge in [0, 0.05) is 23.2 Å². The van der Waals surface area contributed by atoms with Crippen molar-refractivity contribution in [1.29, 1.82) is 0 Å². The van der Waals surface area contributed by atoms with Gasteiger partial charge < -0.3 is 10.6 Å². The molecule has 1 atom stereocenters. The van der Waals surface area contributed by atoms with Gasteiger partial charge in [-0.15, -0.1) is 21.5 Å². The van der Waals surface area contributed by atoms with E-state index < -0.39 is 11.8 Å². The van der Waals surface area contributed by atoms with Gasteiger partial charge in [0.1, 0.15) is 22.7 Å². The highest BCUT2D eigenvalue weighted by Gasteiger charge is 2.16. The van der Waals surface area contributed by atoms with E-state index in [-0.39, 0.29) is 17.4 Å². The summed E-state index contributed by atoms with van der Waals surface area (Å²) in [5.41, 5.74) is 1.90.